The first kappa shape index (κ1) is 11.8. The van der Waals surface area contributed by atoms with E-state index in [0.717, 1.165) is 12.8 Å². The van der Waals surface area contributed by atoms with Gasteiger partial charge in [-0.05, 0) is 32.4 Å². The van der Waals surface area contributed by atoms with Gasteiger partial charge in [0.2, 0.25) is 0 Å². The number of hydrogen-bond acceptors (Lipinski definition) is 2. The van der Waals surface area contributed by atoms with Gasteiger partial charge < -0.3 is 4.74 Å². The Hall–Kier alpha value is -1.31. The van der Waals surface area contributed by atoms with Crippen LogP contribution in [0.2, 0.25) is 0 Å². The van der Waals surface area contributed by atoms with E-state index in [4.69, 9.17) is 4.74 Å². The van der Waals surface area contributed by atoms with Gasteiger partial charge in [-0.2, -0.15) is 0 Å². The van der Waals surface area contributed by atoms with Crippen LogP contribution in [0, 0.1) is 5.41 Å². The van der Waals surface area contributed by atoms with Crippen LogP contribution in [-0.4, -0.2) is 5.97 Å². The molecule has 0 unspecified atom stereocenters. The van der Waals surface area contributed by atoms with E-state index in [1.165, 1.54) is 0 Å². The van der Waals surface area contributed by atoms with E-state index in [1.807, 2.05) is 32.0 Å². The third-order valence-corrected chi connectivity index (χ3v) is 2.38. The molecule has 0 amide bonds. The maximum Gasteiger partial charge on any atom is 0.316 e. The molecule has 0 N–H and O–H groups in total. The van der Waals surface area contributed by atoms with Crippen LogP contribution < -0.4 is 4.74 Å². The molecule has 1 rings (SSSR count). The normalized spacial score (nSPS) is 11.1. The van der Waals surface area contributed by atoms with Crippen molar-refractivity contribution in [1.82, 2.24) is 0 Å². The van der Waals surface area contributed by atoms with Crippen LogP contribution in [0.5, 0.6) is 5.75 Å². The highest BCUT2D eigenvalue weighted by molar-refractivity contribution is 5.78. The predicted octanol–water partition coefficient (Wildman–Crippen LogP) is 3.42. The Kier molecular flexibility index (Phi) is 3.89. The zero-order valence-electron chi connectivity index (χ0n) is 9.62. The highest BCUT2D eigenvalue weighted by Crippen LogP contribution is 2.25. The highest BCUT2D eigenvalue weighted by Gasteiger charge is 2.28. The van der Waals surface area contributed by atoms with Crippen molar-refractivity contribution in [1.29, 1.82) is 0 Å². The Morgan fingerprint density at radius 1 is 1.27 bits per heavy atom. The molecule has 0 radical (unpaired) electrons. The van der Waals surface area contributed by atoms with Gasteiger partial charge in [0.25, 0.3) is 0 Å². The number of benzene rings is 1. The lowest BCUT2D eigenvalue weighted by atomic mass is 9.88. The molecule has 1 aromatic carbocycles. The van der Waals surface area contributed by atoms with Gasteiger partial charge in [0.1, 0.15) is 5.75 Å². The molecule has 0 aromatic heterocycles. The van der Waals surface area contributed by atoms with E-state index < -0.39 is 5.41 Å². The monoisotopic (exact) mass is 206 g/mol. The number of carbonyl (C=O) groups is 1. The predicted molar refractivity (Wildman–Crippen MR) is 60.8 cm³/mol. The van der Waals surface area contributed by atoms with Crippen molar-refractivity contribution >= 4 is 5.97 Å². The van der Waals surface area contributed by atoms with E-state index in [0.29, 0.717) is 5.75 Å². The third kappa shape index (κ3) is 3.39. The Labute approximate surface area is 91.3 Å². The minimum absolute atomic E-state index is 0.157. The van der Waals surface area contributed by atoms with Crippen molar-refractivity contribution in [2.24, 2.45) is 5.41 Å². The smallest absolute Gasteiger partial charge is 0.316 e. The number of esters is 1. The molecule has 0 aliphatic carbocycles. The summed E-state index contributed by atoms with van der Waals surface area (Å²) >= 11 is 0. The lowest BCUT2D eigenvalue weighted by molar-refractivity contribution is -0.144. The number of carbonyl (C=O) groups excluding carboxylic acids is 1. The fourth-order valence-corrected chi connectivity index (χ4v) is 1.46. The largest absolute Gasteiger partial charge is 0.426 e. The summed E-state index contributed by atoms with van der Waals surface area (Å²) in [7, 11) is 0. The molecule has 1 aromatic rings. The van der Waals surface area contributed by atoms with Crippen molar-refractivity contribution in [2.75, 3.05) is 0 Å². The molecule has 15 heavy (non-hydrogen) atoms. The summed E-state index contributed by atoms with van der Waals surface area (Å²) in [5, 5.41) is 0. The van der Waals surface area contributed by atoms with Crippen LogP contribution >= 0.6 is 0 Å². The van der Waals surface area contributed by atoms with E-state index in [-0.39, 0.29) is 5.97 Å². The third-order valence-electron chi connectivity index (χ3n) is 2.38. The minimum atomic E-state index is -0.398. The van der Waals surface area contributed by atoms with Crippen molar-refractivity contribution in [3.05, 3.63) is 30.3 Å². The second kappa shape index (κ2) is 4.96. The number of ether oxygens (including phenoxy) is 1. The molecule has 0 heterocycles. The Morgan fingerprint density at radius 3 is 2.40 bits per heavy atom. The van der Waals surface area contributed by atoms with Gasteiger partial charge in [-0.1, -0.05) is 31.5 Å². The average Bonchev–Trinajstić information content (AvgIpc) is 2.19. The van der Waals surface area contributed by atoms with Gasteiger partial charge in [0.15, 0.2) is 0 Å². The summed E-state index contributed by atoms with van der Waals surface area (Å²) < 4.78 is 5.29. The molecular weight excluding hydrogens is 188 g/mol. The number of rotatable bonds is 4. The SMILES string of the molecule is CCCC(C)(C)C(=O)Oc1ccccc1. The summed E-state index contributed by atoms with van der Waals surface area (Å²) in [5.74, 6) is 0.460. The maximum atomic E-state index is 11.8. The summed E-state index contributed by atoms with van der Waals surface area (Å²) in [5.41, 5.74) is -0.398. The zero-order chi connectivity index (χ0) is 11.3. The molecule has 2 nitrogen and oxygen atoms in total. The molecular formula is C13H18O2. The molecule has 0 spiro atoms. The first-order valence-corrected chi connectivity index (χ1v) is 5.33. The molecule has 82 valence electrons. The van der Waals surface area contributed by atoms with Gasteiger partial charge in [0, 0.05) is 0 Å². The van der Waals surface area contributed by atoms with Crippen molar-refractivity contribution in [2.45, 2.75) is 33.6 Å². The quantitative estimate of drug-likeness (QED) is 0.557. The summed E-state index contributed by atoms with van der Waals surface area (Å²) in [6.07, 6.45) is 1.83. The first-order chi connectivity index (χ1) is 7.06. The maximum absolute atomic E-state index is 11.8. The van der Waals surface area contributed by atoms with Gasteiger partial charge >= 0.3 is 5.97 Å². The van der Waals surface area contributed by atoms with Gasteiger partial charge in [-0.15, -0.1) is 0 Å². The summed E-state index contributed by atoms with van der Waals surface area (Å²) in [4.78, 5) is 11.8. The fourth-order valence-electron chi connectivity index (χ4n) is 1.46. The molecule has 0 aliphatic rings. The fraction of sp³-hybridized carbons (Fsp3) is 0.462. The highest BCUT2D eigenvalue weighted by atomic mass is 16.5. The molecule has 0 aliphatic heterocycles. The van der Waals surface area contributed by atoms with Gasteiger partial charge in [-0.3, -0.25) is 4.79 Å². The van der Waals surface area contributed by atoms with E-state index in [2.05, 4.69) is 6.92 Å². The molecule has 0 bridgehead atoms. The second-order valence-electron chi connectivity index (χ2n) is 4.34. The summed E-state index contributed by atoms with van der Waals surface area (Å²) in [6.45, 7) is 5.90. The molecule has 0 saturated carbocycles. The van der Waals surface area contributed by atoms with Crippen LogP contribution in [0.25, 0.3) is 0 Å². The van der Waals surface area contributed by atoms with Crippen LogP contribution in [0.4, 0.5) is 0 Å². The second-order valence-corrected chi connectivity index (χ2v) is 4.34. The van der Waals surface area contributed by atoms with Crippen molar-refractivity contribution in [3.8, 4) is 5.75 Å². The lowest BCUT2D eigenvalue weighted by Crippen LogP contribution is -2.28. The molecule has 2 heteroatoms. The molecule has 0 atom stereocenters. The summed E-state index contributed by atoms with van der Waals surface area (Å²) in [6, 6.07) is 9.19. The molecule has 0 saturated heterocycles. The Bertz CT molecular complexity index is 315. The van der Waals surface area contributed by atoms with Crippen LogP contribution in [0.1, 0.15) is 33.6 Å². The van der Waals surface area contributed by atoms with E-state index in [9.17, 15) is 4.79 Å². The number of para-hydroxylation sites is 1. The van der Waals surface area contributed by atoms with Crippen LogP contribution in [0.3, 0.4) is 0 Å². The Balaban J connectivity index is 2.63. The van der Waals surface area contributed by atoms with Crippen molar-refractivity contribution < 1.29 is 9.53 Å². The first-order valence-electron chi connectivity index (χ1n) is 5.33. The standard InChI is InChI=1S/C13H18O2/c1-4-10-13(2,3)12(14)15-11-8-6-5-7-9-11/h5-9H,4,10H2,1-3H3. The van der Waals surface area contributed by atoms with E-state index in [1.54, 1.807) is 12.1 Å². The van der Waals surface area contributed by atoms with Gasteiger partial charge in [0.05, 0.1) is 5.41 Å². The zero-order valence-corrected chi connectivity index (χ0v) is 9.62. The van der Waals surface area contributed by atoms with E-state index >= 15 is 0 Å². The van der Waals surface area contributed by atoms with Crippen LogP contribution in [0.15, 0.2) is 30.3 Å². The topological polar surface area (TPSA) is 26.3 Å². The Morgan fingerprint density at radius 2 is 1.87 bits per heavy atom. The lowest BCUT2D eigenvalue weighted by Gasteiger charge is -2.21. The van der Waals surface area contributed by atoms with Crippen LogP contribution in [-0.2, 0) is 4.79 Å². The van der Waals surface area contributed by atoms with Crippen molar-refractivity contribution in [3.63, 3.8) is 0 Å². The van der Waals surface area contributed by atoms with Gasteiger partial charge in [-0.25, -0.2) is 0 Å². The molecule has 0 fully saturated rings. The minimum Gasteiger partial charge on any atom is -0.426 e. The average molecular weight is 206 g/mol. The number of hydrogen-bond donors (Lipinski definition) is 0.